The lowest BCUT2D eigenvalue weighted by Gasteiger charge is -2.26. The molecule has 1 fully saturated rings. The van der Waals surface area contributed by atoms with Crippen molar-refractivity contribution in [3.05, 3.63) is 42.1 Å². The lowest BCUT2D eigenvalue weighted by Crippen LogP contribution is -2.34. The SMILES string of the molecule is CC(C)c1c[nH][n+]2c(Nc3ccc(S(=O)(=O)N(C)C)cc3)cc(NC3CCC(N)CC3)nc12. The van der Waals surface area contributed by atoms with E-state index in [2.05, 4.69) is 29.6 Å². The molecule has 4 rings (SSSR count). The van der Waals surface area contributed by atoms with Crippen molar-refractivity contribution < 1.29 is 12.9 Å². The number of aromatic nitrogens is 3. The topological polar surface area (TPSA) is 120 Å². The van der Waals surface area contributed by atoms with Gasteiger partial charge in [0.25, 0.3) is 11.5 Å². The average molecular weight is 473 g/mol. The Labute approximate surface area is 195 Å². The fourth-order valence-electron chi connectivity index (χ4n) is 4.16. The number of aromatic amines is 1. The van der Waals surface area contributed by atoms with Gasteiger partial charge in [-0.05, 0) is 55.9 Å². The molecule has 2 heterocycles. The molecule has 0 atom stereocenters. The first-order valence-corrected chi connectivity index (χ1v) is 12.8. The zero-order chi connectivity index (χ0) is 23.8. The molecule has 1 saturated carbocycles. The van der Waals surface area contributed by atoms with Gasteiger partial charge in [0.15, 0.2) is 0 Å². The van der Waals surface area contributed by atoms with E-state index in [0.717, 1.165) is 54.2 Å². The van der Waals surface area contributed by atoms with Crippen LogP contribution in [0.2, 0.25) is 0 Å². The molecule has 9 nitrogen and oxygen atoms in total. The number of hydrogen-bond acceptors (Lipinski definition) is 6. The molecule has 3 aromatic rings. The van der Waals surface area contributed by atoms with E-state index in [-0.39, 0.29) is 4.90 Å². The summed E-state index contributed by atoms with van der Waals surface area (Å²) in [6, 6.07) is 9.38. The van der Waals surface area contributed by atoms with Crippen LogP contribution in [0.15, 0.2) is 41.4 Å². The largest absolute Gasteiger partial charge is 0.353 e. The molecule has 33 heavy (non-hydrogen) atoms. The van der Waals surface area contributed by atoms with E-state index in [0.29, 0.717) is 18.0 Å². The van der Waals surface area contributed by atoms with Crippen LogP contribution < -0.4 is 20.9 Å². The van der Waals surface area contributed by atoms with Crippen LogP contribution in [0, 0.1) is 0 Å². The van der Waals surface area contributed by atoms with E-state index in [1.165, 1.54) is 18.4 Å². The average Bonchev–Trinajstić information content (AvgIpc) is 3.20. The summed E-state index contributed by atoms with van der Waals surface area (Å²) in [7, 11) is -0.418. The molecule has 5 N–H and O–H groups in total. The lowest BCUT2D eigenvalue weighted by atomic mass is 9.92. The molecule has 0 spiro atoms. The molecular formula is C23H34N7O2S+. The molecule has 10 heteroatoms. The first-order chi connectivity index (χ1) is 15.6. The highest BCUT2D eigenvalue weighted by atomic mass is 32.2. The first-order valence-electron chi connectivity index (χ1n) is 11.4. The van der Waals surface area contributed by atoms with E-state index in [1.54, 1.807) is 24.3 Å². The molecule has 178 valence electrons. The summed E-state index contributed by atoms with van der Waals surface area (Å²) in [6.45, 7) is 4.29. The van der Waals surface area contributed by atoms with Gasteiger partial charge in [-0.1, -0.05) is 18.8 Å². The van der Waals surface area contributed by atoms with E-state index in [1.807, 2.05) is 16.8 Å². The van der Waals surface area contributed by atoms with Gasteiger partial charge >= 0.3 is 0 Å². The lowest BCUT2D eigenvalue weighted by molar-refractivity contribution is -0.563. The molecular weight excluding hydrogens is 438 g/mol. The number of fused-ring (bicyclic) bond motifs is 1. The number of nitrogens with two attached hydrogens (primary N) is 1. The van der Waals surface area contributed by atoms with Gasteiger partial charge in [-0.15, -0.1) is 4.52 Å². The zero-order valence-corrected chi connectivity index (χ0v) is 20.5. The van der Waals surface area contributed by atoms with Crippen molar-refractivity contribution in [1.29, 1.82) is 0 Å². The van der Waals surface area contributed by atoms with Gasteiger partial charge in [-0.2, -0.15) is 0 Å². The van der Waals surface area contributed by atoms with Crippen molar-refractivity contribution in [2.24, 2.45) is 5.73 Å². The maximum Gasteiger partial charge on any atom is 0.292 e. The Hall–Kier alpha value is -2.69. The number of benzene rings is 1. The smallest absolute Gasteiger partial charge is 0.292 e. The second-order valence-corrected chi connectivity index (χ2v) is 11.4. The van der Waals surface area contributed by atoms with Crippen LogP contribution in [0.25, 0.3) is 5.65 Å². The fourth-order valence-corrected chi connectivity index (χ4v) is 5.06. The summed E-state index contributed by atoms with van der Waals surface area (Å²) in [5.41, 5.74) is 8.83. The second-order valence-electron chi connectivity index (χ2n) is 9.26. The Morgan fingerprint density at radius 1 is 1.15 bits per heavy atom. The van der Waals surface area contributed by atoms with E-state index in [9.17, 15) is 8.42 Å². The Morgan fingerprint density at radius 2 is 1.82 bits per heavy atom. The molecule has 1 aliphatic carbocycles. The van der Waals surface area contributed by atoms with Gasteiger partial charge in [-0.25, -0.2) is 12.7 Å². The predicted molar refractivity (Wildman–Crippen MR) is 130 cm³/mol. The maximum absolute atomic E-state index is 12.4. The third kappa shape index (κ3) is 4.97. The summed E-state index contributed by atoms with van der Waals surface area (Å²) in [4.78, 5) is 5.16. The summed E-state index contributed by atoms with van der Waals surface area (Å²) in [6.07, 6.45) is 6.08. The van der Waals surface area contributed by atoms with Crippen molar-refractivity contribution in [2.45, 2.75) is 62.4 Å². The third-order valence-electron chi connectivity index (χ3n) is 6.21. The van der Waals surface area contributed by atoms with Crippen LogP contribution in [-0.4, -0.2) is 49.0 Å². The summed E-state index contributed by atoms with van der Waals surface area (Å²) in [5.74, 6) is 1.93. The molecule has 0 radical (unpaired) electrons. The molecule has 0 saturated heterocycles. The van der Waals surface area contributed by atoms with Crippen LogP contribution in [0.3, 0.4) is 0 Å². The van der Waals surface area contributed by atoms with Gasteiger partial charge in [0.05, 0.1) is 22.2 Å². The molecule has 2 aromatic heterocycles. The number of hydrogen-bond donors (Lipinski definition) is 4. The van der Waals surface area contributed by atoms with Crippen LogP contribution in [0.1, 0.15) is 51.0 Å². The summed E-state index contributed by atoms with van der Waals surface area (Å²) >= 11 is 0. The molecule has 0 bridgehead atoms. The van der Waals surface area contributed by atoms with Crippen molar-refractivity contribution >= 4 is 33.0 Å². The quantitative estimate of drug-likeness (QED) is 0.393. The Morgan fingerprint density at radius 3 is 2.42 bits per heavy atom. The van der Waals surface area contributed by atoms with Crippen LogP contribution >= 0.6 is 0 Å². The Balaban J connectivity index is 1.66. The highest BCUT2D eigenvalue weighted by molar-refractivity contribution is 7.89. The van der Waals surface area contributed by atoms with Gasteiger partial charge in [0, 0.05) is 32.4 Å². The minimum absolute atomic E-state index is 0.255. The predicted octanol–water partition coefficient (Wildman–Crippen LogP) is 2.95. The Bertz CT molecular complexity index is 1210. The van der Waals surface area contributed by atoms with Gasteiger partial charge in [0.1, 0.15) is 0 Å². The first kappa shape index (κ1) is 23.5. The highest BCUT2D eigenvalue weighted by Crippen LogP contribution is 2.25. The van der Waals surface area contributed by atoms with Gasteiger partial charge < -0.3 is 11.1 Å². The van der Waals surface area contributed by atoms with E-state index < -0.39 is 10.0 Å². The van der Waals surface area contributed by atoms with Gasteiger partial charge in [0.2, 0.25) is 15.8 Å². The fraction of sp³-hybridized carbons (Fsp3) is 0.478. The number of sulfonamides is 1. The zero-order valence-electron chi connectivity index (χ0n) is 19.7. The Kier molecular flexibility index (Phi) is 6.60. The summed E-state index contributed by atoms with van der Waals surface area (Å²) in [5, 5.41) is 10.3. The number of rotatable bonds is 7. The van der Waals surface area contributed by atoms with Gasteiger partial charge in [-0.3, -0.25) is 10.4 Å². The van der Waals surface area contributed by atoms with E-state index >= 15 is 0 Å². The van der Waals surface area contributed by atoms with Crippen molar-refractivity contribution in [3.8, 4) is 0 Å². The highest BCUT2D eigenvalue weighted by Gasteiger charge is 2.24. The normalized spacial score (nSPS) is 19.4. The maximum atomic E-state index is 12.4. The van der Waals surface area contributed by atoms with Crippen molar-refractivity contribution in [2.75, 3.05) is 24.7 Å². The minimum atomic E-state index is -3.47. The monoisotopic (exact) mass is 472 g/mol. The molecule has 0 amide bonds. The molecule has 1 aliphatic rings. The van der Waals surface area contributed by atoms with Crippen LogP contribution in [-0.2, 0) is 10.0 Å². The number of nitrogens with zero attached hydrogens (tertiary/aromatic N) is 3. The summed E-state index contributed by atoms with van der Waals surface area (Å²) < 4.78 is 27.9. The third-order valence-corrected chi connectivity index (χ3v) is 8.04. The number of nitrogens with one attached hydrogen (secondary N) is 3. The van der Waals surface area contributed by atoms with E-state index in [4.69, 9.17) is 10.7 Å². The van der Waals surface area contributed by atoms with Crippen LogP contribution in [0.5, 0.6) is 0 Å². The molecule has 0 unspecified atom stereocenters. The molecule has 1 aromatic carbocycles. The number of anilines is 3. The second kappa shape index (κ2) is 9.28. The van der Waals surface area contributed by atoms with Crippen molar-refractivity contribution in [3.63, 3.8) is 0 Å². The molecule has 0 aliphatic heterocycles. The van der Waals surface area contributed by atoms with Crippen LogP contribution in [0.4, 0.5) is 17.3 Å². The minimum Gasteiger partial charge on any atom is -0.353 e. The number of H-pyrrole nitrogens is 1. The standard InChI is InChI=1S/C23H33N7O2S/c1-15(2)20-14-25-30-22(27-18-9-11-19(12-10-18)33(31,32)29(3)4)13-21(28-23(20)30)26-17-7-5-16(24)6-8-17/h9-17H,5-8,24H2,1-4H3,(H2,25,26,27,28)/p+1. The van der Waals surface area contributed by atoms with Crippen molar-refractivity contribution in [1.82, 2.24) is 14.4 Å².